The summed E-state index contributed by atoms with van der Waals surface area (Å²) < 4.78 is 0.874. The van der Waals surface area contributed by atoms with Gasteiger partial charge in [-0.2, -0.15) is 24.4 Å². The third kappa shape index (κ3) is 5.47. The maximum atomic E-state index is 4.19. The highest BCUT2D eigenvalue weighted by Crippen LogP contribution is 2.38. The normalized spacial score (nSPS) is 19.8. The Labute approximate surface area is 97.6 Å². The summed E-state index contributed by atoms with van der Waals surface area (Å²) in [4.78, 5) is 0. The molecule has 1 fully saturated rings. The van der Waals surface area contributed by atoms with Crippen molar-refractivity contribution in [2.45, 2.75) is 11.0 Å². The Morgan fingerprint density at radius 3 is 2.67 bits per heavy atom. The van der Waals surface area contributed by atoms with Crippen molar-refractivity contribution in [2.75, 3.05) is 27.4 Å². The maximum Gasteiger partial charge on any atom is 0.0526 e. The first-order valence-electron chi connectivity index (χ1n) is 3.93. The Balaban J connectivity index is 1.91. The highest BCUT2D eigenvalue weighted by molar-refractivity contribution is 8.32. The molecule has 0 aliphatic carbocycles. The van der Waals surface area contributed by atoms with Gasteiger partial charge in [0.1, 0.15) is 0 Å². The predicted molar refractivity (Wildman–Crippen MR) is 72.1 cm³/mol. The molecule has 1 saturated heterocycles. The molecule has 1 rings (SSSR count). The van der Waals surface area contributed by atoms with Gasteiger partial charge in [0, 0.05) is 15.9 Å². The Morgan fingerprint density at radius 1 is 1.25 bits per heavy atom. The zero-order chi connectivity index (χ0) is 8.65. The summed E-state index contributed by atoms with van der Waals surface area (Å²) in [6.45, 7) is 0. The Hall–Kier alpha value is 1.75. The molecular weight excluding hydrogens is 244 g/mol. The van der Waals surface area contributed by atoms with Gasteiger partial charge in [-0.05, 0) is 17.9 Å². The summed E-state index contributed by atoms with van der Waals surface area (Å²) in [5.41, 5.74) is 0. The first-order valence-corrected chi connectivity index (χ1v) is 8.97. The molecule has 1 heterocycles. The minimum absolute atomic E-state index is 0.874. The molecule has 0 atom stereocenters. The number of hydrogen-bond acceptors (Lipinski definition) is 5. The van der Waals surface area contributed by atoms with Gasteiger partial charge in [0.15, 0.2) is 0 Å². The monoisotopic (exact) mass is 258 g/mol. The topological polar surface area (TPSA) is 0 Å². The lowest BCUT2D eigenvalue weighted by Gasteiger charge is -2.19. The van der Waals surface area contributed by atoms with Crippen LogP contribution in [0.5, 0.6) is 0 Å². The lowest BCUT2D eigenvalue weighted by Crippen LogP contribution is -2.04. The van der Waals surface area contributed by atoms with Gasteiger partial charge in [-0.3, -0.25) is 0 Å². The average molecular weight is 259 g/mol. The third-order valence-electron chi connectivity index (χ3n) is 1.41. The summed E-state index contributed by atoms with van der Waals surface area (Å²) in [5.74, 6) is 3.54. The molecule has 0 saturated carbocycles. The second-order valence-electron chi connectivity index (χ2n) is 2.33. The Bertz CT molecular complexity index is 102. The minimum atomic E-state index is 0.874. The van der Waals surface area contributed by atoms with E-state index in [2.05, 4.69) is 36.2 Å². The SMILES string of the molecule is SCCSCCC1SCSCS1. The van der Waals surface area contributed by atoms with Crippen LogP contribution in [-0.2, 0) is 0 Å². The predicted octanol–water partition coefficient (Wildman–Crippen LogP) is 3.49. The molecule has 0 aromatic heterocycles. The molecule has 0 radical (unpaired) electrons. The van der Waals surface area contributed by atoms with E-state index < -0.39 is 0 Å². The minimum Gasteiger partial charge on any atom is -0.179 e. The van der Waals surface area contributed by atoms with Crippen LogP contribution in [0.15, 0.2) is 0 Å². The Kier molecular flexibility index (Phi) is 7.97. The van der Waals surface area contributed by atoms with E-state index in [1.54, 1.807) is 0 Å². The molecule has 0 bridgehead atoms. The standard InChI is InChI=1S/C7H14S5/c8-2-4-9-3-1-7-11-5-10-6-12-7/h7-8H,1-6H2. The van der Waals surface area contributed by atoms with E-state index in [1.165, 1.54) is 28.1 Å². The van der Waals surface area contributed by atoms with Crippen LogP contribution in [0.1, 0.15) is 6.42 Å². The second kappa shape index (κ2) is 8.09. The maximum absolute atomic E-state index is 4.19. The lowest BCUT2D eigenvalue weighted by atomic mass is 10.6. The number of thioether (sulfide) groups is 4. The zero-order valence-electron chi connectivity index (χ0n) is 6.90. The molecule has 72 valence electrons. The van der Waals surface area contributed by atoms with Crippen molar-refractivity contribution in [3.63, 3.8) is 0 Å². The van der Waals surface area contributed by atoms with Gasteiger partial charge in [0.2, 0.25) is 0 Å². The molecule has 0 aromatic rings. The van der Waals surface area contributed by atoms with Gasteiger partial charge in [-0.1, -0.05) is 0 Å². The van der Waals surface area contributed by atoms with Crippen LogP contribution in [0, 0.1) is 0 Å². The zero-order valence-corrected chi connectivity index (χ0v) is 11.1. The van der Waals surface area contributed by atoms with Crippen LogP contribution in [-0.4, -0.2) is 32.0 Å². The van der Waals surface area contributed by atoms with Gasteiger partial charge in [0.25, 0.3) is 0 Å². The molecule has 0 amide bonds. The number of hydrogen-bond donors (Lipinski definition) is 1. The van der Waals surface area contributed by atoms with Crippen LogP contribution < -0.4 is 0 Å². The van der Waals surface area contributed by atoms with Crippen molar-refractivity contribution >= 4 is 59.7 Å². The summed E-state index contributed by atoms with van der Waals surface area (Å²) in [6.07, 6.45) is 1.37. The van der Waals surface area contributed by atoms with E-state index in [9.17, 15) is 0 Å². The van der Waals surface area contributed by atoms with Gasteiger partial charge in [0.05, 0.1) is 4.58 Å². The van der Waals surface area contributed by atoms with E-state index in [0.717, 1.165) is 10.3 Å². The van der Waals surface area contributed by atoms with E-state index >= 15 is 0 Å². The first kappa shape index (κ1) is 11.8. The van der Waals surface area contributed by atoms with Crippen LogP contribution >= 0.6 is 59.7 Å². The number of rotatable bonds is 5. The van der Waals surface area contributed by atoms with Gasteiger partial charge in [-0.15, -0.1) is 35.3 Å². The van der Waals surface area contributed by atoms with Crippen molar-refractivity contribution < 1.29 is 0 Å². The largest absolute Gasteiger partial charge is 0.179 e. The van der Waals surface area contributed by atoms with Crippen LogP contribution in [0.2, 0.25) is 0 Å². The van der Waals surface area contributed by atoms with Crippen LogP contribution in [0.3, 0.4) is 0 Å². The van der Waals surface area contributed by atoms with Crippen molar-refractivity contribution in [3.05, 3.63) is 0 Å². The smallest absolute Gasteiger partial charge is 0.0526 e. The molecule has 1 aliphatic heterocycles. The molecule has 0 unspecified atom stereocenters. The molecule has 0 aromatic carbocycles. The summed E-state index contributed by atoms with van der Waals surface area (Å²) in [5, 5.41) is 2.60. The second-order valence-corrected chi connectivity index (χ2v) is 8.40. The average Bonchev–Trinajstić information content (AvgIpc) is 2.14. The molecule has 12 heavy (non-hydrogen) atoms. The van der Waals surface area contributed by atoms with E-state index in [0.29, 0.717) is 0 Å². The highest BCUT2D eigenvalue weighted by Gasteiger charge is 2.13. The molecule has 0 N–H and O–H groups in total. The lowest BCUT2D eigenvalue weighted by molar-refractivity contribution is 1.07. The van der Waals surface area contributed by atoms with E-state index in [-0.39, 0.29) is 0 Å². The number of thiol groups is 1. The molecule has 0 nitrogen and oxygen atoms in total. The molecule has 1 aliphatic rings. The van der Waals surface area contributed by atoms with Crippen molar-refractivity contribution in [3.8, 4) is 0 Å². The fourth-order valence-electron chi connectivity index (χ4n) is 0.843. The van der Waals surface area contributed by atoms with Gasteiger partial charge < -0.3 is 0 Å². The van der Waals surface area contributed by atoms with Crippen molar-refractivity contribution in [1.82, 2.24) is 0 Å². The van der Waals surface area contributed by atoms with Gasteiger partial charge >= 0.3 is 0 Å². The summed E-state index contributed by atoms with van der Waals surface area (Å²) in [7, 11) is 0. The summed E-state index contributed by atoms with van der Waals surface area (Å²) >= 11 is 12.5. The van der Waals surface area contributed by atoms with Crippen LogP contribution in [0.4, 0.5) is 0 Å². The van der Waals surface area contributed by atoms with E-state index in [4.69, 9.17) is 0 Å². The van der Waals surface area contributed by atoms with E-state index in [1.807, 2.05) is 23.5 Å². The summed E-state index contributed by atoms with van der Waals surface area (Å²) in [6, 6.07) is 0. The molecule has 0 spiro atoms. The quantitative estimate of drug-likeness (QED) is 0.592. The first-order chi connectivity index (χ1) is 5.93. The highest BCUT2D eigenvalue weighted by atomic mass is 32.3. The Morgan fingerprint density at radius 2 is 2.00 bits per heavy atom. The molecule has 5 heteroatoms. The fourth-order valence-corrected chi connectivity index (χ4v) is 7.09. The van der Waals surface area contributed by atoms with Crippen molar-refractivity contribution in [2.24, 2.45) is 0 Å². The molecular formula is C7H14S5. The van der Waals surface area contributed by atoms with Gasteiger partial charge in [-0.25, -0.2) is 0 Å². The van der Waals surface area contributed by atoms with Crippen molar-refractivity contribution in [1.29, 1.82) is 0 Å². The third-order valence-corrected chi connectivity index (χ3v) is 7.40. The fraction of sp³-hybridized carbons (Fsp3) is 1.00. The van der Waals surface area contributed by atoms with Crippen LogP contribution in [0.25, 0.3) is 0 Å².